The molecule has 7 nitrogen and oxygen atoms in total. The van der Waals surface area contributed by atoms with Crippen molar-refractivity contribution in [3.8, 4) is 5.75 Å². The zero-order valence-corrected chi connectivity index (χ0v) is 27.0. The molecule has 0 spiro atoms. The maximum absolute atomic E-state index is 13.4. The summed E-state index contributed by atoms with van der Waals surface area (Å²) in [5.74, 6) is 0.164. The Morgan fingerprint density at radius 1 is 1.02 bits per heavy atom. The lowest BCUT2D eigenvalue weighted by Gasteiger charge is -2.40. The van der Waals surface area contributed by atoms with E-state index in [2.05, 4.69) is 4.90 Å². The van der Waals surface area contributed by atoms with Gasteiger partial charge in [-0.05, 0) is 101 Å². The first-order chi connectivity index (χ1) is 21.2. The molecule has 45 heavy (non-hydrogen) atoms. The summed E-state index contributed by atoms with van der Waals surface area (Å²) in [5, 5.41) is 0.854. The Labute approximate surface area is 264 Å². The lowest BCUT2D eigenvalue weighted by atomic mass is 9.85. The SMILES string of the molecule is COC(=O)c1ccc([C@@H]2CC(c3ccc(C(F)(F)F)s3)CCN2Cc2c(OC)cc(C)c3c2ccn3C(=O)OC(C)(C)C)cc1. The van der Waals surface area contributed by atoms with Crippen molar-refractivity contribution in [1.82, 2.24) is 9.47 Å². The molecule has 4 aromatic rings. The molecule has 1 aliphatic rings. The van der Waals surface area contributed by atoms with Crippen LogP contribution in [0, 0.1) is 6.92 Å². The van der Waals surface area contributed by atoms with Crippen molar-refractivity contribution < 1.29 is 37.0 Å². The van der Waals surface area contributed by atoms with Crippen molar-refractivity contribution in [1.29, 1.82) is 0 Å². The zero-order valence-electron chi connectivity index (χ0n) is 26.2. The number of carbonyl (C=O) groups excluding carboxylic acids is 2. The lowest BCUT2D eigenvalue weighted by Crippen LogP contribution is -2.36. The van der Waals surface area contributed by atoms with E-state index in [-0.39, 0.29) is 12.0 Å². The maximum atomic E-state index is 13.4. The van der Waals surface area contributed by atoms with Crippen molar-refractivity contribution in [3.63, 3.8) is 0 Å². The smallest absolute Gasteiger partial charge is 0.425 e. The fourth-order valence-corrected chi connectivity index (χ4v) is 7.09. The molecule has 2 aromatic heterocycles. The average molecular weight is 643 g/mol. The number of rotatable bonds is 6. The molecule has 0 bridgehead atoms. The Balaban J connectivity index is 1.53. The van der Waals surface area contributed by atoms with Gasteiger partial charge in [0.15, 0.2) is 0 Å². The molecule has 1 fully saturated rings. The largest absolute Gasteiger partial charge is 0.496 e. The average Bonchev–Trinajstić information content (AvgIpc) is 3.66. The number of esters is 1. The van der Waals surface area contributed by atoms with Crippen LogP contribution in [0.1, 0.15) is 82.4 Å². The predicted octanol–water partition coefficient (Wildman–Crippen LogP) is 8.73. The fraction of sp³-hybridized carbons (Fsp3) is 0.412. The first kappa shape index (κ1) is 32.6. The highest BCUT2D eigenvalue weighted by atomic mass is 32.1. The number of halogens is 3. The molecule has 0 radical (unpaired) electrons. The van der Waals surface area contributed by atoms with E-state index < -0.39 is 28.7 Å². The molecular weight excluding hydrogens is 605 g/mol. The van der Waals surface area contributed by atoms with Gasteiger partial charge in [-0.15, -0.1) is 11.3 Å². The molecular formula is C34H37F3N2O5S. The van der Waals surface area contributed by atoms with Gasteiger partial charge < -0.3 is 14.2 Å². The van der Waals surface area contributed by atoms with Crippen LogP contribution in [0.25, 0.3) is 10.9 Å². The Kier molecular flexibility index (Phi) is 9.06. The van der Waals surface area contributed by atoms with E-state index in [1.165, 1.54) is 11.7 Å². The van der Waals surface area contributed by atoms with Crippen LogP contribution in [-0.2, 0) is 22.2 Å². The molecule has 0 saturated carbocycles. The number of alkyl halides is 3. The number of likely N-dealkylation sites (tertiary alicyclic amines) is 1. The second-order valence-electron chi connectivity index (χ2n) is 12.3. The molecule has 1 saturated heterocycles. The molecule has 0 N–H and O–H groups in total. The van der Waals surface area contributed by atoms with Crippen LogP contribution >= 0.6 is 11.3 Å². The normalized spacial score (nSPS) is 17.8. The number of carbonyl (C=O) groups is 2. The van der Waals surface area contributed by atoms with Gasteiger partial charge in [-0.3, -0.25) is 9.47 Å². The number of hydrogen-bond acceptors (Lipinski definition) is 7. The highest BCUT2D eigenvalue weighted by Crippen LogP contribution is 2.45. The topological polar surface area (TPSA) is 70.0 Å². The third kappa shape index (κ3) is 6.89. The highest BCUT2D eigenvalue weighted by molar-refractivity contribution is 7.12. The predicted molar refractivity (Wildman–Crippen MR) is 167 cm³/mol. The number of methoxy groups -OCH3 is 2. The first-order valence-electron chi connectivity index (χ1n) is 14.7. The summed E-state index contributed by atoms with van der Waals surface area (Å²) in [6, 6.07) is 13.6. The van der Waals surface area contributed by atoms with Gasteiger partial charge in [0.2, 0.25) is 0 Å². The minimum Gasteiger partial charge on any atom is -0.496 e. The van der Waals surface area contributed by atoms with Crippen LogP contribution in [0.4, 0.5) is 18.0 Å². The first-order valence-corrected chi connectivity index (χ1v) is 15.5. The lowest BCUT2D eigenvalue weighted by molar-refractivity contribution is -0.134. The van der Waals surface area contributed by atoms with Crippen LogP contribution in [0.15, 0.2) is 54.7 Å². The molecule has 0 amide bonds. The fourth-order valence-electron chi connectivity index (χ4n) is 6.07. The Morgan fingerprint density at radius 3 is 2.33 bits per heavy atom. The number of ether oxygens (including phenoxy) is 3. The van der Waals surface area contributed by atoms with Gasteiger partial charge in [0.25, 0.3) is 0 Å². The minimum atomic E-state index is -4.38. The van der Waals surface area contributed by atoms with Crippen LogP contribution in [-0.4, -0.2) is 47.9 Å². The van der Waals surface area contributed by atoms with Crippen LogP contribution in [0.2, 0.25) is 0 Å². The molecule has 1 aliphatic heterocycles. The van der Waals surface area contributed by atoms with Crippen molar-refractivity contribution in [3.05, 3.63) is 86.7 Å². The summed E-state index contributed by atoms with van der Waals surface area (Å²) in [4.78, 5) is 27.6. The summed E-state index contributed by atoms with van der Waals surface area (Å²) in [7, 11) is 2.94. The molecule has 11 heteroatoms. The quantitative estimate of drug-likeness (QED) is 0.196. The van der Waals surface area contributed by atoms with E-state index in [1.807, 2.05) is 52.0 Å². The Hall–Kier alpha value is -3.83. The summed E-state index contributed by atoms with van der Waals surface area (Å²) in [5.41, 5.74) is 3.17. The van der Waals surface area contributed by atoms with Crippen LogP contribution in [0.5, 0.6) is 5.75 Å². The molecule has 2 aromatic carbocycles. The summed E-state index contributed by atoms with van der Waals surface area (Å²) in [6.45, 7) is 8.45. The van der Waals surface area contributed by atoms with Crippen molar-refractivity contribution >= 4 is 34.3 Å². The highest BCUT2D eigenvalue weighted by Gasteiger charge is 2.36. The third-order valence-corrected chi connectivity index (χ3v) is 9.43. The second kappa shape index (κ2) is 12.5. The van der Waals surface area contributed by atoms with Gasteiger partial charge in [0.05, 0.1) is 25.3 Å². The molecule has 1 unspecified atom stereocenters. The van der Waals surface area contributed by atoms with E-state index in [4.69, 9.17) is 14.2 Å². The summed E-state index contributed by atoms with van der Waals surface area (Å²) >= 11 is 0.806. The Bertz CT molecular complexity index is 1700. The van der Waals surface area contributed by atoms with E-state index in [0.29, 0.717) is 42.1 Å². The van der Waals surface area contributed by atoms with Gasteiger partial charge >= 0.3 is 18.2 Å². The van der Waals surface area contributed by atoms with Crippen LogP contribution < -0.4 is 4.74 Å². The molecule has 240 valence electrons. The number of fused-ring (bicyclic) bond motifs is 1. The van der Waals surface area contributed by atoms with E-state index in [0.717, 1.165) is 45.0 Å². The maximum Gasteiger partial charge on any atom is 0.425 e. The Morgan fingerprint density at radius 2 is 1.73 bits per heavy atom. The molecule has 5 rings (SSSR count). The standard InChI is InChI=1S/C34H37F3N2O5S/c1-20-17-27(42-5)25(24-14-16-39(30(20)24)32(41)44-33(2,3)4)19-38-15-13-23(28-11-12-29(45-28)34(35,36)37)18-26(38)21-7-9-22(10-8-21)31(40)43-6/h7-12,14,16-17,23,26H,13,15,18-19H2,1-6H3/t23?,26-/m0/s1. The van der Waals surface area contributed by atoms with Crippen molar-refractivity contribution in [2.45, 2.75) is 70.8 Å². The van der Waals surface area contributed by atoms with Crippen LogP contribution in [0.3, 0.4) is 0 Å². The number of aryl methyl sites for hydroxylation is 1. The van der Waals surface area contributed by atoms with Crippen molar-refractivity contribution in [2.24, 2.45) is 0 Å². The number of aromatic nitrogens is 1. The molecule has 3 heterocycles. The molecule has 0 aliphatic carbocycles. The minimum absolute atomic E-state index is 0.0687. The van der Waals surface area contributed by atoms with Gasteiger partial charge in [-0.25, -0.2) is 9.59 Å². The summed E-state index contributed by atoms with van der Waals surface area (Å²) in [6.07, 6.45) is -1.89. The van der Waals surface area contributed by atoms with E-state index in [9.17, 15) is 22.8 Å². The van der Waals surface area contributed by atoms with Gasteiger partial charge in [-0.1, -0.05) is 12.1 Å². The third-order valence-electron chi connectivity index (χ3n) is 8.14. The van der Waals surface area contributed by atoms with Gasteiger partial charge in [0.1, 0.15) is 16.2 Å². The molecule has 2 atom stereocenters. The zero-order chi connectivity index (χ0) is 32.7. The van der Waals surface area contributed by atoms with Gasteiger partial charge in [-0.2, -0.15) is 13.2 Å². The number of hydrogen-bond donors (Lipinski definition) is 0. The number of benzene rings is 2. The number of nitrogens with zero attached hydrogens (tertiary/aromatic N) is 2. The summed E-state index contributed by atoms with van der Waals surface area (Å²) < 4.78 is 58.2. The number of thiophene rings is 1. The second-order valence-corrected chi connectivity index (χ2v) is 13.4. The number of piperidine rings is 1. The monoisotopic (exact) mass is 642 g/mol. The van der Waals surface area contributed by atoms with Crippen molar-refractivity contribution in [2.75, 3.05) is 20.8 Å². The van der Waals surface area contributed by atoms with E-state index >= 15 is 0 Å². The van der Waals surface area contributed by atoms with E-state index in [1.54, 1.807) is 31.5 Å². The van der Waals surface area contributed by atoms with Gasteiger partial charge in [0, 0.05) is 34.6 Å².